The number of hydrogen-bond donors (Lipinski definition) is 2. The van der Waals surface area contributed by atoms with E-state index in [4.69, 9.17) is 0 Å². The van der Waals surface area contributed by atoms with Crippen molar-refractivity contribution in [3.63, 3.8) is 0 Å². The molecule has 9 nitrogen and oxygen atoms in total. The van der Waals surface area contributed by atoms with E-state index in [1.165, 1.54) is 10.7 Å². The Morgan fingerprint density at radius 1 is 0.458 bits per heavy atom. The maximum atomic E-state index is 12.1. The fourth-order valence-corrected chi connectivity index (χ4v) is 7.15. The molecule has 0 amide bonds. The molecule has 0 spiro atoms. The second-order valence-corrected chi connectivity index (χ2v) is 26.8. The van der Waals surface area contributed by atoms with E-state index < -0.39 is 30.1 Å². The van der Waals surface area contributed by atoms with Crippen molar-refractivity contribution in [1.29, 1.82) is 0 Å². The fraction of sp³-hybridized carbons (Fsp3) is 0.591. The summed E-state index contributed by atoms with van der Waals surface area (Å²) < 4.78 is 76.6. The first-order valence-electron chi connectivity index (χ1n) is 21.4. The third kappa shape index (κ3) is 45.3. The molecule has 0 saturated carbocycles. The third-order valence-corrected chi connectivity index (χ3v) is 10.3. The van der Waals surface area contributed by atoms with Crippen molar-refractivity contribution in [2.75, 3.05) is 26.2 Å². The van der Waals surface area contributed by atoms with Crippen molar-refractivity contribution in [3.05, 3.63) is 91.0 Å². The maximum absolute atomic E-state index is 12.1. The van der Waals surface area contributed by atoms with Crippen molar-refractivity contribution in [3.8, 4) is 0 Å². The summed E-state index contributed by atoms with van der Waals surface area (Å²) in [4.78, 5) is 1.02. The number of benzene rings is 3. The number of sulfonamides is 3. The van der Waals surface area contributed by atoms with Crippen LogP contribution in [-0.2, 0) is 39.5 Å². The van der Waals surface area contributed by atoms with Crippen LogP contribution < -0.4 is 9.44 Å². The molecule has 0 fully saturated rings. The summed E-state index contributed by atoms with van der Waals surface area (Å²) in [7, 11) is -9.20. The Morgan fingerprint density at radius 2 is 0.695 bits per heavy atom. The molecule has 0 aromatic heterocycles. The molecular formula is C44H87I2N3O6S3V. The van der Waals surface area contributed by atoms with Gasteiger partial charge in [0, 0.05) is 26.2 Å². The Balaban J connectivity index is -0.0000000920. The zero-order chi connectivity index (χ0) is 48.2. The summed E-state index contributed by atoms with van der Waals surface area (Å²) in [5.74, 6) is 0. The minimum absolute atomic E-state index is 0.323. The molecule has 351 valence electrons. The van der Waals surface area contributed by atoms with Gasteiger partial charge in [-0.05, 0) is 55.7 Å². The van der Waals surface area contributed by atoms with Crippen LogP contribution >= 0.6 is 40.0 Å². The van der Waals surface area contributed by atoms with E-state index in [9.17, 15) is 25.3 Å². The van der Waals surface area contributed by atoms with E-state index in [0.29, 0.717) is 50.3 Å². The van der Waals surface area contributed by atoms with Crippen molar-refractivity contribution >= 4 is 70.0 Å². The Bertz CT molecular complexity index is 1420. The van der Waals surface area contributed by atoms with E-state index in [-0.39, 0.29) is 0 Å². The topological polar surface area (TPSA) is 130 Å². The van der Waals surface area contributed by atoms with Crippen molar-refractivity contribution in [2.24, 2.45) is 0 Å². The molecule has 0 heterocycles. The quantitative estimate of drug-likeness (QED) is 0.164. The van der Waals surface area contributed by atoms with Gasteiger partial charge in [-0.1, -0.05) is 186 Å². The van der Waals surface area contributed by atoms with E-state index >= 15 is 0 Å². The Hall–Kier alpha value is -0.566. The van der Waals surface area contributed by atoms with Gasteiger partial charge in [0.1, 0.15) is 0 Å². The number of nitrogens with zero attached hydrogens (tertiary/aromatic N) is 1. The van der Waals surface area contributed by atoms with Crippen LogP contribution in [0.4, 0.5) is 0 Å². The Labute approximate surface area is 396 Å². The van der Waals surface area contributed by atoms with E-state index in [1.54, 1.807) is 84.9 Å². The van der Waals surface area contributed by atoms with Crippen LogP contribution in [0.3, 0.4) is 0 Å². The second-order valence-electron chi connectivity index (χ2n) is 9.50. The molecule has 0 radical (unpaired) electrons. The monoisotopic (exact) mass is 1150 g/mol. The van der Waals surface area contributed by atoms with Crippen LogP contribution in [0.25, 0.3) is 0 Å². The van der Waals surface area contributed by atoms with Gasteiger partial charge in [0.2, 0.25) is 30.1 Å². The van der Waals surface area contributed by atoms with Crippen molar-refractivity contribution in [1.82, 2.24) is 13.7 Å². The average Bonchev–Trinajstić information content (AvgIpc) is 3.30. The van der Waals surface area contributed by atoms with E-state index in [2.05, 4.69) is 63.2 Å². The molecule has 15 heteroatoms. The summed E-state index contributed by atoms with van der Waals surface area (Å²) in [5, 5.41) is 0. The fourth-order valence-electron chi connectivity index (χ4n) is 3.28. The molecule has 0 aliphatic rings. The zero-order valence-electron chi connectivity index (χ0n) is 40.1. The molecule has 0 unspecified atom stereocenters. The first kappa shape index (κ1) is 75.8. The van der Waals surface area contributed by atoms with Crippen LogP contribution in [-0.4, -0.2) is 55.7 Å². The van der Waals surface area contributed by atoms with Crippen LogP contribution in [0.15, 0.2) is 106 Å². The predicted octanol–water partition coefficient (Wildman–Crippen LogP) is 14.2. The molecular weight excluding hydrogens is 1070 g/mol. The Kier molecular flexibility index (Phi) is 76.5. The summed E-state index contributed by atoms with van der Waals surface area (Å²) in [6.45, 7) is 38.0. The minimum atomic E-state index is -3.28. The number of hydrogen-bond acceptors (Lipinski definition) is 6. The van der Waals surface area contributed by atoms with Gasteiger partial charge >= 0.3 is 49.4 Å². The predicted molar refractivity (Wildman–Crippen MR) is 277 cm³/mol. The molecule has 3 rings (SSSR count). The first-order valence-corrected chi connectivity index (χ1v) is 34.8. The summed E-state index contributed by atoms with van der Waals surface area (Å²) in [5.41, 5.74) is 0. The van der Waals surface area contributed by atoms with Gasteiger partial charge in [0.05, 0.1) is 14.7 Å². The average molecular weight is 1160 g/mol. The van der Waals surface area contributed by atoms with E-state index in [0.717, 1.165) is 19.3 Å². The van der Waals surface area contributed by atoms with Crippen molar-refractivity contribution in [2.45, 2.75) is 165 Å². The van der Waals surface area contributed by atoms with Crippen LogP contribution in [0, 0.1) is 0 Å². The summed E-state index contributed by atoms with van der Waals surface area (Å²) >= 11 is 4.74. The van der Waals surface area contributed by atoms with Crippen LogP contribution in [0.1, 0.15) is 150 Å². The SMILES string of the molecule is CC.CC.CC.CC.CC.CC.CCC.CCCN(CC)S(=O)(=O)c1ccccc1.CCCNS(=O)(=O)c1ccccc1.CCCNS(=O)(=O)c1ccccc1.[I][V][I]. The van der Waals surface area contributed by atoms with Gasteiger partial charge in [-0.15, -0.1) is 0 Å². The zero-order valence-corrected chi connectivity index (χ0v) is 48.3. The number of halogens is 2. The molecule has 3 aromatic rings. The molecule has 0 aliphatic heterocycles. The summed E-state index contributed by atoms with van der Waals surface area (Å²) in [6, 6.07) is 25.3. The van der Waals surface area contributed by atoms with Gasteiger partial charge in [-0.25, -0.2) is 34.7 Å². The van der Waals surface area contributed by atoms with Gasteiger partial charge in [-0.3, -0.25) is 0 Å². The molecule has 0 saturated heterocycles. The second kappa shape index (κ2) is 59.5. The third-order valence-electron chi connectivity index (χ3n) is 5.40. The first-order chi connectivity index (χ1) is 28.3. The van der Waals surface area contributed by atoms with Crippen LogP contribution in [0.5, 0.6) is 0 Å². The van der Waals surface area contributed by atoms with Gasteiger partial charge < -0.3 is 0 Å². The van der Waals surface area contributed by atoms with Gasteiger partial charge in [0.25, 0.3) is 0 Å². The Morgan fingerprint density at radius 3 is 0.898 bits per heavy atom. The van der Waals surface area contributed by atoms with Crippen LogP contribution in [0.2, 0.25) is 0 Å². The molecule has 0 bridgehead atoms. The molecule has 0 atom stereocenters. The standard InChI is InChI=1S/C11H17NO2S.2C9H13NO2S.C3H8.6C2H6.2HI.V/c1-3-10-12(4-2)15(13,14)11-8-6-5-7-9-11;2*1-2-8-10-13(11,12)9-6-4-3-5-7-9;1-3-2;6*1-2;;;/h5-9H,3-4,10H2,1-2H3;2*3-7,10H,2,8H2,1H3;3H2,1-2H3;6*1-2H3;2*1H;/q;;;;;;;;;;;;+2/p-2. The van der Waals surface area contributed by atoms with E-state index in [1.807, 2.05) is 117 Å². The molecule has 59 heavy (non-hydrogen) atoms. The van der Waals surface area contributed by atoms with Gasteiger partial charge in [-0.2, -0.15) is 4.31 Å². The molecule has 3 aromatic carbocycles. The normalized spacial score (nSPS) is 9.24. The summed E-state index contributed by atoms with van der Waals surface area (Å²) in [6.07, 6.45) is 3.68. The number of nitrogens with one attached hydrogen (secondary N) is 2. The molecule has 0 aliphatic carbocycles. The number of rotatable bonds is 13. The van der Waals surface area contributed by atoms with Gasteiger partial charge in [0.15, 0.2) is 0 Å². The van der Waals surface area contributed by atoms with Crippen molar-refractivity contribution < 1.29 is 34.7 Å². The molecule has 2 N–H and O–H groups in total.